The summed E-state index contributed by atoms with van der Waals surface area (Å²) in [5.74, 6) is -0.171. The number of nitrogens with one attached hydrogen (secondary N) is 3. The zero-order valence-electron chi connectivity index (χ0n) is 16.0. The molecule has 28 heavy (non-hydrogen) atoms. The number of aromatic nitrogens is 2. The average Bonchev–Trinajstić information content (AvgIpc) is 3.27. The monoisotopic (exact) mass is 401 g/mol. The van der Waals surface area contributed by atoms with Crippen LogP contribution in [0.15, 0.2) is 17.5 Å². The highest BCUT2D eigenvalue weighted by Gasteiger charge is 2.31. The third-order valence-corrected chi connectivity index (χ3v) is 6.47. The average molecular weight is 402 g/mol. The first-order valence-electron chi connectivity index (χ1n) is 10.1. The van der Waals surface area contributed by atoms with Gasteiger partial charge in [-0.05, 0) is 42.7 Å². The Morgan fingerprint density at radius 1 is 1.32 bits per heavy atom. The number of hydrogen-bond acceptors (Lipinski definition) is 5. The van der Waals surface area contributed by atoms with Gasteiger partial charge in [0.1, 0.15) is 0 Å². The molecular formula is C20H27N5O2S. The summed E-state index contributed by atoms with van der Waals surface area (Å²) in [6.07, 6.45) is 5.84. The molecule has 0 unspecified atom stereocenters. The van der Waals surface area contributed by atoms with Gasteiger partial charge in [-0.15, -0.1) is 11.3 Å². The van der Waals surface area contributed by atoms with E-state index < -0.39 is 6.04 Å². The molecule has 0 aromatic carbocycles. The number of hydrogen-bond donors (Lipinski definition) is 3. The number of piperazine rings is 1. The number of aryl methyl sites for hydroxylation is 1. The molecule has 0 spiro atoms. The minimum atomic E-state index is -0.424. The Balaban J connectivity index is 1.35. The number of carbonyl (C=O) groups excluding carboxylic acids is 2. The Morgan fingerprint density at radius 2 is 2.21 bits per heavy atom. The second-order valence-corrected chi connectivity index (χ2v) is 8.56. The van der Waals surface area contributed by atoms with Crippen LogP contribution in [0.25, 0.3) is 0 Å². The van der Waals surface area contributed by atoms with E-state index in [9.17, 15) is 9.59 Å². The predicted octanol–water partition coefficient (Wildman–Crippen LogP) is 1.75. The highest BCUT2D eigenvalue weighted by atomic mass is 32.1. The van der Waals surface area contributed by atoms with Crippen molar-refractivity contribution in [3.05, 3.63) is 39.3 Å². The lowest BCUT2D eigenvalue weighted by atomic mass is 10.1. The van der Waals surface area contributed by atoms with Crippen molar-refractivity contribution >= 4 is 23.2 Å². The van der Waals surface area contributed by atoms with E-state index in [1.165, 1.54) is 35.4 Å². The molecule has 1 aliphatic heterocycles. The maximum atomic E-state index is 12.6. The van der Waals surface area contributed by atoms with E-state index in [0.29, 0.717) is 19.6 Å². The van der Waals surface area contributed by atoms with E-state index in [1.807, 2.05) is 11.4 Å². The maximum Gasteiger partial charge on any atom is 0.237 e. The summed E-state index contributed by atoms with van der Waals surface area (Å²) in [5, 5.41) is 15.5. The summed E-state index contributed by atoms with van der Waals surface area (Å²) in [6.45, 7) is 2.51. The first kappa shape index (κ1) is 19.1. The number of fused-ring (bicyclic) bond motifs is 1. The molecule has 8 heteroatoms. The Hall–Kier alpha value is -2.19. The van der Waals surface area contributed by atoms with E-state index in [0.717, 1.165) is 25.1 Å². The molecule has 2 aromatic heterocycles. The molecule has 4 rings (SSSR count). The van der Waals surface area contributed by atoms with Crippen LogP contribution in [0.1, 0.15) is 47.5 Å². The SMILES string of the molecule is O=C(C[C@@H]1C(=O)NCCN1Cc1cccs1)NCc1n[nH]c2c1CCCCC2. The molecule has 7 nitrogen and oxygen atoms in total. The molecule has 1 fully saturated rings. The van der Waals surface area contributed by atoms with Gasteiger partial charge in [0.05, 0.1) is 24.7 Å². The normalized spacial score (nSPS) is 20.3. The molecule has 1 aliphatic carbocycles. The molecule has 1 atom stereocenters. The van der Waals surface area contributed by atoms with Crippen LogP contribution in [-0.4, -0.2) is 46.0 Å². The highest BCUT2D eigenvalue weighted by molar-refractivity contribution is 7.09. The van der Waals surface area contributed by atoms with E-state index in [-0.39, 0.29) is 18.2 Å². The molecule has 2 aliphatic rings. The predicted molar refractivity (Wildman–Crippen MR) is 108 cm³/mol. The van der Waals surface area contributed by atoms with Crippen molar-refractivity contribution in [2.75, 3.05) is 13.1 Å². The smallest absolute Gasteiger partial charge is 0.237 e. The van der Waals surface area contributed by atoms with Gasteiger partial charge in [0, 0.05) is 30.2 Å². The molecule has 2 aromatic rings. The lowest BCUT2D eigenvalue weighted by Gasteiger charge is -2.34. The maximum absolute atomic E-state index is 12.6. The number of aromatic amines is 1. The van der Waals surface area contributed by atoms with Crippen LogP contribution < -0.4 is 10.6 Å². The molecule has 0 bridgehead atoms. The van der Waals surface area contributed by atoms with Crippen molar-refractivity contribution in [1.29, 1.82) is 0 Å². The first-order chi connectivity index (χ1) is 13.7. The van der Waals surface area contributed by atoms with Crippen LogP contribution in [0.3, 0.4) is 0 Å². The Kier molecular flexibility index (Phi) is 6.07. The van der Waals surface area contributed by atoms with Crippen molar-refractivity contribution in [3.63, 3.8) is 0 Å². The molecule has 2 amide bonds. The van der Waals surface area contributed by atoms with Crippen molar-refractivity contribution in [3.8, 4) is 0 Å². The Morgan fingerprint density at radius 3 is 3.07 bits per heavy atom. The van der Waals surface area contributed by atoms with Gasteiger partial charge < -0.3 is 10.6 Å². The summed E-state index contributed by atoms with van der Waals surface area (Å²) in [4.78, 5) is 28.3. The highest BCUT2D eigenvalue weighted by Crippen LogP contribution is 2.22. The van der Waals surface area contributed by atoms with Crippen LogP contribution in [0.4, 0.5) is 0 Å². The van der Waals surface area contributed by atoms with E-state index in [4.69, 9.17) is 0 Å². The van der Waals surface area contributed by atoms with Crippen molar-refractivity contribution in [2.45, 2.75) is 57.7 Å². The van der Waals surface area contributed by atoms with Gasteiger partial charge in [-0.1, -0.05) is 12.5 Å². The fraction of sp³-hybridized carbons (Fsp3) is 0.550. The van der Waals surface area contributed by atoms with Gasteiger partial charge in [-0.25, -0.2) is 0 Å². The van der Waals surface area contributed by atoms with Crippen LogP contribution in [0.2, 0.25) is 0 Å². The number of amides is 2. The lowest BCUT2D eigenvalue weighted by Crippen LogP contribution is -2.56. The third kappa shape index (κ3) is 4.44. The van der Waals surface area contributed by atoms with E-state index in [2.05, 4.69) is 31.8 Å². The topological polar surface area (TPSA) is 90.1 Å². The lowest BCUT2D eigenvalue weighted by molar-refractivity contribution is -0.134. The second kappa shape index (κ2) is 8.87. The largest absolute Gasteiger partial charge is 0.353 e. The molecule has 1 saturated heterocycles. The van der Waals surface area contributed by atoms with Crippen LogP contribution in [0.5, 0.6) is 0 Å². The molecular weight excluding hydrogens is 374 g/mol. The van der Waals surface area contributed by atoms with Gasteiger partial charge in [-0.2, -0.15) is 5.10 Å². The summed E-state index contributed by atoms with van der Waals surface area (Å²) in [6, 6.07) is 3.66. The molecule has 150 valence electrons. The second-order valence-electron chi connectivity index (χ2n) is 7.53. The number of thiophene rings is 1. The Bertz CT molecular complexity index is 817. The zero-order valence-corrected chi connectivity index (χ0v) is 16.8. The van der Waals surface area contributed by atoms with Gasteiger partial charge in [0.15, 0.2) is 0 Å². The molecule has 3 heterocycles. The van der Waals surface area contributed by atoms with Crippen molar-refractivity contribution in [2.24, 2.45) is 0 Å². The number of nitrogens with zero attached hydrogens (tertiary/aromatic N) is 2. The van der Waals surface area contributed by atoms with E-state index >= 15 is 0 Å². The number of rotatable bonds is 6. The van der Waals surface area contributed by atoms with Crippen LogP contribution >= 0.6 is 11.3 Å². The third-order valence-electron chi connectivity index (χ3n) is 5.60. The van der Waals surface area contributed by atoms with Gasteiger partial charge in [0.25, 0.3) is 0 Å². The first-order valence-corrected chi connectivity index (χ1v) is 10.9. The number of H-pyrrole nitrogens is 1. The van der Waals surface area contributed by atoms with Crippen molar-refractivity contribution in [1.82, 2.24) is 25.7 Å². The van der Waals surface area contributed by atoms with Crippen LogP contribution in [-0.2, 0) is 35.5 Å². The zero-order chi connectivity index (χ0) is 19.3. The summed E-state index contributed by atoms with van der Waals surface area (Å²) in [7, 11) is 0. The minimum absolute atomic E-state index is 0.0633. The fourth-order valence-corrected chi connectivity index (χ4v) is 4.81. The molecule has 0 saturated carbocycles. The Labute approximate surface area is 168 Å². The van der Waals surface area contributed by atoms with Gasteiger partial charge in [-0.3, -0.25) is 19.6 Å². The standard InChI is InChI=1S/C20H27N5O2S/c26-19(22-12-17-15-6-2-1-3-7-16(15)23-24-17)11-18-20(27)21-8-9-25(18)13-14-5-4-10-28-14/h4-5,10,18H,1-3,6-9,11-13H2,(H,21,27)(H,22,26)(H,23,24)/t18-/m1/s1. The van der Waals surface area contributed by atoms with E-state index in [1.54, 1.807) is 11.3 Å². The molecule has 0 radical (unpaired) electrons. The summed E-state index contributed by atoms with van der Waals surface area (Å²) >= 11 is 1.68. The summed E-state index contributed by atoms with van der Waals surface area (Å²) in [5.41, 5.74) is 3.43. The fourth-order valence-electron chi connectivity index (χ4n) is 4.08. The number of carbonyl (C=O) groups is 2. The summed E-state index contributed by atoms with van der Waals surface area (Å²) < 4.78 is 0. The minimum Gasteiger partial charge on any atom is -0.353 e. The quantitative estimate of drug-likeness (QED) is 0.643. The van der Waals surface area contributed by atoms with Gasteiger partial charge in [0.2, 0.25) is 11.8 Å². The van der Waals surface area contributed by atoms with Gasteiger partial charge >= 0.3 is 0 Å². The molecule has 3 N–H and O–H groups in total. The van der Waals surface area contributed by atoms with Crippen LogP contribution in [0, 0.1) is 0 Å². The van der Waals surface area contributed by atoms with Crippen molar-refractivity contribution < 1.29 is 9.59 Å².